The summed E-state index contributed by atoms with van der Waals surface area (Å²) in [5.41, 5.74) is 1.84. The molecule has 7 heteroatoms. The first-order valence-electron chi connectivity index (χ1n) is 3.08. The highest BCUT2D eigenvalue weighted by molar-refractivity contribution is 7.76. The lowest BCUT2D eigenvalue weighted by molar-refractivity contribution is 0.129. The number of hydrogen-bond acceptors (Lipinski definition) is 6. The van der Waals surface area contributed by atoms with E-state index in [1.54, 1.807) is 0 Å². The molecule has 64 valence electrons. The van der Waals surface area contributed by atoms with Crippen LogP contribution in [0, 0.1) is 0 Å². The highest BCUT2D eigenvalue weighted by atomic mass is 31.2. The van der Waals surface area contributed by atoms with Gasteiger partial charge in [-0.25, -0.2) is 4.99 Å². The molecule has 11 heavy (non-hydrogen) atoms. The lowest BCUT2D eigenvalue weighted by Gasteiger charge is -2.00. The van der Waals surface area contributed by atoms with Crippen molar-refractivity contribution in [2.24, 2.45) is 4.99 Å². The van der Waals surface area contributed by atoms with Crippen LogP contribution < -0.4 is 5.48 Å². The van der Waals surface area contributed by atoms with Crippen LogP contribution in [0.5, 0.6) is 0 Å². The predicted molar refractivity (Wildman–Crippen MR) is 39.0 cm³/mol. The number of rotatable bonds is 2. The average Bonchev–Trinajstić information content (AvgIpc) is 2.32. The van der Waals surface area contributed by atoms with E-state index < -0.39 is 14.1 Å². The maximum Gasteiger partial charge on any atom is 0.455 e. The van der Waals surface area contributed by atoms with E-state index in [0.29, 0.717) is 12.8 Å². The molecule has 1 aliphatic rings. The van der Waals surface area contributed by atoms with Gasteiger partial charge < -0.3 is 5.21 Å². The Morgan fingerprint density at radius 3 is 2.36 bits per heavy atom. The van der Waals surface area contributed by atoms with Crippen molar-refractivity contribution in [2.45, 2.75) is 19.0 Å². The van der Waals surface area contributed by atoms with Gasteiger partial charge in [-0.15, -0.1) is 0 Å². The lowest BCUT2D eigenvalue weighted by Crippen LogP contribution is -2.20. The van der Waals surface area contributed by atoms with Crippen molar-refractivity contribution in [2.75, 3.05) is 0 Å². The highest BCUT2D eigenvalue weighted by Crippen LogP contribution is 2.49. The molecule has 1 aliphatic heterocycles. The molecule has 0 aliphatic carbocycles. The fourth-order valence-corrected chi connectivity index (χ4v) is 1.62. The third kappa shape index (κ3) is 2.16. The molecule has 5 N–H and O–H groups in total. The SMILES string of the molecule is ONC1CCC([P+](O)(O)O)=N1. The molecule has 1 rings (SSSR count). The summed E-state index contributed by atoms with van der Waals surface area (Å²) in [5, 5.41) is 8.36. The van der Waals surface area contributed by atoms with Crippen LogP contribution in [0.15, 0.2) is 4.99 Å². The fraction of sp³-hybridized carbons (Fsp3) is 0.750. The van der Waals surface area contributed by atoms with Crippen molar-refractivity contribution in [1.29, 1.82) is 0 Å². The van der Waals surface area contributed by atoms with Crippen LogP contribution in [-0.4, -0.2) is 31.5 Å². The minimum Gasteiger partial charge on any atom is -0.315 e. The van der Waals surface area contributed by atoms with Gasteiger partial charge in [0.1, 0.15) is 6.17 Å². The van der Waals surface area contributed by atoms with Crippen LogP contribution in [0.3, 0.4) is 0 Å². The first-order valence-corrected chi connectivity index (χ1v) is 4.73. The van der Waals surface area contributed by atoms with E-state index in [1.807, 2.05) is 5.48 Å². The van der Waals surface area contributed by atoms with Crippen LogP contribution in [0.4, 0.5) is 0 Å². The largest absolute Gasteiger partial charge is 0.455 e. The first-order chi connectivity index (χ1) is 5.04. The van der Waals surface area contributed by atoms with Crippen molar-refractivity contribution >= 4 is 13.4 Å². The molecule has 0 aromatic rings. The summed E-state index contributed by atoms with van der Waals surface area (Å²) >= 11 is 0. The molecule has 0 amide bonds. The number of aliphatic imine (C=N–C) groups is 1. The Morgan fingerprint density at radius 1 is 1.45 bits per heavy atom. The molecular formula is C4H10N2O4P+. The maximum atomic E-state index is 8.71. The second-order valence-corrected chi connectivity index (χ2v) is 3.95. The zero-order chi connectivity index (χ0) is 8.48. The second-order valence-electron chi connectivity index (χ2n) is 2.30. The quantitative estimate of drug-likeness (QED) is 0.284. The molecule has 6 nitrogen and oxygen atoms in total. The Hall–Kier alpha value is -0.100. The molecule has 0 saturated carbocycles. The van der Waals surface area contributed by atoms with Crippen molar-refractivity contribution < 1.29 is 19.9 Å². The summed E-state index contributed by atoms with van der Waals surface area (Å²) in [6, 6.07) is 0. The van der Waals surface area contributed by atoms with Crippen molar-refractivity contribution in [1.82, 2.24) is 5.48 Å². The van der Waals surface area contributed by atoms with Gasteiger partial charge in [0.15, 0.2) is 0 Å². The summed E-state index contributed by atoms with van der Waals surface area (Å²) in [4.78, 5) is 29.8. The molecule has 0 aromatic carbocycles. The van der Waals surface area contributed by atoms with Gasteiger partial charge in [0.25, 0.3) is 0 Å². The zero-order valence-corrected chi connectivity index (χ0v) is 6.57. The van der Waals surface area contributed by atoms with Gasteiger partial charge in [-0.2, -0.15) is 20.2 Å². The Labute approximate surface area is 63.7 Å². The maximum absolute atomic E-state index is 8.71. The minimum absolute atomic E-state index is 0.0240. The van der Waals surface area contributed by atoms with Gasteiger partial charge in [-0.3, -0.25) is 0 Å². The number of hydrogen-bond donors (Lipinski definition) is 5. The summed E-state index contributed by atoms with van der Waals surface area (Å²) in [6.45, 7) is 0. The van der Waals surface area contributed by atoms with E-state index in [2.05, 4.69) is 4.99 Å². The standard InChI is InChI=1S/C4H10N2O4P/c7-6-3-1-2-4(5-3)11(8,9)10/h3,6-10H,1-2H2/q+1. The predicted octanol–water partition coefficient (Wildman–Crippen LogP) is -0.777. The van der Waals surface area contributed by atoms with Gasteiger partial charge in [-0.05, 0) is 6.42 Å². The number of hydroxylamine groups is 1. The van der Waals surface area contributed by atoms with E-state index in [4.69, 9.17) is 19.9 Å². The van der Waals surface area contributed by atoms with E-state index in [9.17, 15) is 0 Å². The van der Waals surface area contributed by atoms with E-state index in [1.165, 1.54) is 0 Å². The average molecular weight is 181 g/mol. The van der Waals surface area contributed by atoms with Crippen molar-refractivity contribution in [3.63, 3.8) is 0 Å². The fourth-order valence-electron chi connectivity index (χ4n) is 0.896. The Kier molecular flexibility index (Phi) is 2.54. The third-order valence-electron chi connectivity index (χ3n) is 1.44. The smallest absolute Gasteiger partial charge is 0.315 e. The molecule has 1 unspecified atom stereocenters. The molecule has 1 heterocycles. The summed E-state index contributed by atoms with van der Waals surface area (Å²) in [6.07, 6.45) is 0.251. The molecule has 0 spiro atoms. The number of nitrogens with zero attached hydrogens (tertiary/aromatic N) is 1. The highest BCUT2D eigenvalue weighted by Gasteiger charge is 2.42. The van der Waals surface area contributed by atoms with Crippen molar-refractivity contribution in [3.05, 3.63) is 0 Å². The van der Waals surface area contributed by atoms with Crippen LogP contribution in [0.2, 0.25) is 0 Å². The summed E-state index contributed by atoms with van der Waals surface area (Å²) < 4.78 is 0. The minimum atomic E-state index is -3.92. The molecule has 0 radical (unpaired) electrons. The van der Waals surface area contributed by atoms with Gasteiger partial charge in [0, 0.05) is 6.42 Å². The van der Waals surface area contributed by atoms with Crippen LogP contribution in [0.25, 0.3) is 0 Å². The van der Waals surface area contributed by atoms with Gasteiger partial charge in [-0.1, -0.05) is 0 Å². The molecule has 0 fully saturated rings. The zero-order valence-electron chi connectivity index (χ0n) is 5.67. The Balaban J connectivity index is 2.62. The molecule has 0 saturated heterocycles. The van der Waals surface area contributed by atoms with Crippen LogP contribution in [-0.2, 0) is 0 Å². The van der Waals surface area contributed by atoms with Gasteiger partial charge in [0.2, 0.25) is 5.45 Å². The molecule has 0 aromatic heterocycles. The third-order valence-corrected chi connectivity index (χ3v) is 2.47. The molecular weight excluding hydrogens is 171 g/mol. The van der Waals surface area contributed by atoms with E-state index in [-0.39, 0.29) is 5.45 Å². The summed E-state index contributed by atoms with van der Waals surface area (Å²) in [5.74, 6) is 0. The second kappa shape index (κ2) is 3.10. The van der Waals surface area contributed by atoms with Crippen LogP contribution >= 0.6 is 7.94 Å². The van der Waals surface area contributed by atoms with Crippen LogP contribution in [0.1, 0.15) is 12.8 Å². The topological polar surface area (TPSA) is 105 Å². The van der Waals surface area contributed by atoms with Gasteiger partial charge in [0.05, 0.1) is 0 Å². The van der Waals surface area contributed by atoms with Crippen molar-refractivity contribution in [3.8, 4) is 0 Å². The normalized spacial score (nSPS) is 25.5. The lowest BCUT2D eigenvalue weighted by atomic mass is 10.3. The Morgan fingerprint density at radius 2 is 2.09 bits per heavy atom. The first kappa shape index (κ1) is 8.99. The van der Waals surface area contributed by atoms with E-state index in [0.717, 1.165) is 0 Å². The van der Waals surface area contributed by atoms with Gasteiger partial charge >= 0.3 is 7.94 Å². The molecule has 0 bridgehead atoms. The number of nitrogens with one attached hydrogen (secondary N) is 1. The summed E-state index contributed by atoms with van der Waals surface area (Å²) in [7, 11) is -3.92. The monoisotopic (exact) mass is 181 g/mol. The van der Waals surface area contributed by atoms with E-state index >= 15 is 0 Å². The Bertz CT molecular complexity index is 177. The molecule has 1 atom stereocenters.